The summed E-state index contributed by atoms with van der Waals surface area (Å²) in [6, 6.07) is 54.3. The molecule has 0 N–H and O–H groups in total. The van der Waals surface area contributed by atoms with Gasteiger partial charge in [0.2, 0.25) is 0 Å². The summed E-state index contributed by atoms with van der Waals surface area (Å²) in [5, 5.41) is 7.27. The molecule has 0 aliphatic rings. The topological polar surface area (TPSA) is 16.4 Å². The molecule has 0 aliphatic heterocycles. The maximum absolute atomic E-state index is 6.22. The van der Waals surface area contributed by atoms with Crippen molar-refractivity contribution in [2.75, 3.05) is 4.90 Å². The van der Waals surface area contributed by atoms with Crippen molar-refractivity contribution in [2.24, 2.45) is 0 Å². The van der Waals surface area contributed by atoms with Gasteiger partial charge in [-0.2, -0.15) is 0 Å². The summed E-state index contributed by atoms with van der Waals surface area (Å²) in [6.07, 6.45) is 0. The Morgan fingerprint density at radius 1 is 0.442 bits per heavy atom. The minimum absolute atomic E-state index is 0.895. The zero-order valence-corrected chi connectivity index (χ0v) is 24.0. The quantitative estimate of drug-likeness (QED) is 0.210. The van der Waals surface area contributed by atoms with Crippen molar-refractivity contribution in [3.63, 3.8) is 0 Å². The third-order valence-electron chi connectivity index (χ3n) is 8.47. The Bertz CT molecular complexity index is 2480. The summed E-state index contributed by atoms with van der Waals surface area (Å²) in [6.45, 7) is 0. The Morgan fingerprint density at radius 3 is 2.05 bits per heavy atom. The van der Waals surface area contributed by atoms with Gasteiger partial charge in [0.25, 0.3) is 0 Å². The van der Waals surface area contributed by atoms with E-state index in [-0.39, 0.29) is 0 Å². The molecule has 9 rings (SSSR count). The maximum Gasteiger partial charge on any atom is 0.135 e. The van der Waals surface area contributed by atoms with E-state index < -0.39 is 0 Å². The van der Waals surface area contributed by atoms with Crippen molar-refractivity contribution in [2.45, 2.75) is 0 Å². The first-order valence-electron chi connectivity index (χ1n) is 14.5. The summed E-state index contributed by atoms with van der Waals surface area (Å²) in [5.41, 5.74) is 7.61. The van der Waals surface area contributed by atoms with Crippen molar-refractivity contribution < 1.29 is 4.42 Å². The van der Waals surface area contributed by atoms with Crippen molar-refractivity contribution in [1.29, 1.82) is 0 Å². The van der Waals surface area contributed by atoms with E-state index in [1.807, 2.05) is 23.5 Å². The highest BCUT2D eigenvalue weighted by Gasteiger charge is 2.21. The van der Waals surface area contributed by atoms with Crippen molar-refractivity contribution in [3.8, 4) is 11.1 Å². The number of hydrogen-bond acceptors (Lipinski definition) is 3. The molecule has 2 nitrogen and oxygen atoms in total. The number of anilines is 3. The van der Waals surface area contributed by atoms with E-state index in [4.69, 9.17) is 4.42 Å². The van der Waals surface area contributed by atoms with Crippen molar-refractivity contribution in [3.05, 3.63) is 152 Å². The highest BCUT2D eigenvalue weighted by molar-refractivity contribution is 7.26. The Morgan fingerprint density at radius 2 is 1.09 bits per heavy atom. The molecule has 43 heavy (non-hydrogen) atoms. The van der Waals surface area contributed by atoms with Crippen LogP contribution in [0.5, 0.6) is 0 Å². The lowest BCUT2D eigenvalue weighted by Gasteiger charge is -2.29. The van der Waals surface area contributed by atoms with Crippen LogP contribution in [0.2, 0.25) is 0 Å². The lowest BCUT2D eigenvalue weighted by molar-refractivity contribution is 0.669. The molecule has 0 radical (unpaired) electrons. The predicted molar refractivity (Wildman–Crippen MR) is 184 cm³/mol. The fraction of sp³-hybridized carbons (Fsp3) is 0. The number of para-hydroxylation sites is 2. The van der Waals surface area contributed by atoms with Gasteiger partial charge in [-0.15, -0.1) is 11.3 Å². The molecule has 0 atom stereocenters. The average molecular weight is 568 g/mol. The molecule has 202 valence electrons. The Hall–Kier alpha value is -5.38. The molecule has 7 aromatic carbocycles. The van der Waals surface area contributed by atoms with E-state index >= 15 is 0 Å². The normalized spacial score (nSPS) is 11.7. The second-order valence-electron chi connectivity index (χ2n) is 10.9. The summed E-state index contributed by atoms with van der Waals surface area (Å²) in [7, 11) is 0. The summed E-state index contributed by atoms with van der Waals surface area (Å²) < 4.78 is 8.84. The second-order valence-corrected chi connectivity index (χ2v) is 12.0. The number of nitrogens with zero attached hydrogens (tertiary/aromatic N) is 1. The number of furan rings is 1. The molecule has 0 saturated heterocycles. The van der Waals surface area contributed by atoms with E-state index in [1.165, 1.54) is 42.1 Å². The van der Waals surface area contributed by atoms with E-state index in [1.54, 1.807) is 0 Å². The van der Waals surface area contributed by atoms with Crippen LogP contribution in [0.4, 0.5) is 17.1 Å². The predicted octanol–water partition coefficient (Wildman–Crippen LogP) is 12.2. The van der Waals surface area contributed by atoms with Crippen molar-refractivity contribution >= 4 is 81.3 Å². The minimum atomic E-state index is 0.895. The highest BCUT2D eigenvalue weighted by atomic mass is 32.1. The molecule has 0 saturated carbocycles. The van der Waals surface area contributed by atoms with E-state index in [2.05, 4.69) is 144 Å². The van der Waals surface area contributed by atoms with Gasteiger partial charge in [-0.3, -0.25) is 0 Å². The van der Waals surface area contributed by atoms with Crippen LogP contribution >= 0.6 is 11.3 Å². The second kappa shape index (κ2) is 9.59. The number of benzene rings is 7. The minimum Gasteiger partial charge on any atom is -0.456 e. The molecular weight excluding hydrogens is 543 g/mol. The standard InChI is InChI=1S/C40H25NOS/c1-2-13-28-26(11-1)12-9-20-35(28)41(27-23-24-38-34(25-27)30-15-4-7-21-37(30)42-38)36-19-6-3-14-29(36)32-17-10-18-33-31-16-5-8-22-39(31)43-40(32)33/h1-25H. The Balaban J connectivity index is 1.35. The number of fused-ring (bicyclic) bond motifs is 7. The average Bonchev–Trinajstić information content (AvgIpc) is 3.64. The zero-order chi connectivity index (χ0) is 28.3. The van der Waals surface area contributed by atoms with E-state index in [0.717, 1.165) is 39.0 Å². The molecule has 0 bridgehead atoms. The smallest absolute Gasteiger partial charge is 0.135 e. The van der Waals surface area contributed by atoms with Crippen LogP contribution in [-0.4, -0.2) is 0 Å². The molecule has 0 unspecified atom stereocenters. The van der Waals surface area contributed by atoms with Crippen LogP contribution in [0.1, 0.15) is 0 Å². The van der Waals surface area contributed by atoms with Crippen LogP contribution in [0.3, 0.4) is 0 Å². The summed E-state index contributed by atoms with van der Waals surface area (Å²) >= 11 is 1.87. The highest BCUT2D eigenvalue weighted by Crippen LogP contribution is 2.47. The van der Waals surface area contributed by atoms with Gasteiger partial charge in [-0.05, 0) is 47.9 Å². The van der Waals surface area contributed by atoms with Crippen LogP contribution in [0.25, 0.3) is 64.0 Å². The Labute approximate surface area is 252 Å². The van der Waals surface area contributed by atoms with Crippen LogP contribution in [-0.2, 0) is 0 Å². The molecule has 9 aromatic rings. The van der Waals surface area contributed by atoms with E-state index in [9.17, 15) is 0 Å². The molecule has 0 aliphatic carbocycles. The molecule has 2 aromatic heterocycles. The van der Waals surface area contributed by atoms with Gasteiger partial charge in [0.1, 0.15) is 11.2 Å². The third-order valence-corrected chi connectivity index (χ3v) is 9.69. The fourth-order valence-corrected chi connectivity index (χ4v) is 7.75. The first-order valence-corrected chi connectivity index (χ1v) is 15.3. The maximum atomic E-state index is 6.22. The third kappa shape index (κ3) is 3.79. The lowest BCUT2D eigenvalue weighted by Crippen LogP contribution is -2.11. The number of hydrogen-bond donors (Lipinski definition) is 0. The van der Waals surface area contributed by atoms with Gasteiger partial charge in [0.05, 0.1) is 11.4 Å². The molecule has 0 spiro atoms. The largest absolute Gasteiger partial charge is 0.456 e. The van der Waals surface area contributed by atoms with Gasteiger partial charge in [0, 0.05) is 53.1 Å². The van der Waals surface area contributed by atoms with Gasteiger partial charge in [-0.1, -0.05) is 109 Å². The van der Waals surface area contributed by atoms with Gasteiger partial charge in [0.15, 0.2) is 0 Å². The molecule has 0 fully saturated rings. The zero-order valence-electron chi connectivity index (χ0n) is 23.2. The van der Waals surface area contributed by atoms with Gasteiger partial charge < -0.3 is 9.32 Å². The van der Waals surface area contributed by atoms with Gasteiger partial charge >= 0.3 is 0 Å². The SMILES string of the molecule is c1ccc(N(c2ccc3oc4ccccc4c3c2)c2cccc3ccccc23)c(-c2cccc3c2sc2ccccc23)c1. The molecule has 3 heteroatoms. The Kier molecular flexibility index (Phi) is 5.40. The lowest BCUT2D eigenvalue weighted by atomic mass is 9.98. The molecule has 2 heterocycles. The first-order chi connectivity index (χ1) is 21.3. The number of thiophene rings is 1. The van der Waals surface area contributed by atoms with E-state index in [0.29, 0.717) is 0 Å². The number of rotatable bonds is 4. The van der Waals surface area contributed by atoms with Crippen LogP contribution in [0, 0.1) is 0 Å². The summed E-state index contributed by atoms with van der Waals surface area (Å²) in [4.78, 5) is 2.42. The monoisotopic (exact) mass is 567 g/mol. The summed E-state index contributed by atoms with van der Waals surface area (Å²) in [5.74, 6) is 0. The first kappa shape index (κ1) is 24.2. The van der Waals surface area contributed by atoms with Gasteiger partial charge in [-0.25, -0.2) is 0 Å². The fourth-order valence-electron chi connectivity index (χ4n) is 6.52. The molecular formula is C40H25NOS. The van der Waals surface area contributed by atoms with Crippen LogP contribution < -0.4 is 4.90 Å². The molecule has 0 amide bonds. The van der Waals surface area contributed by atoms with Crippen molar-refractivity contribution in [1.82, 2.24) is 0 Å². The van der Waals surface area contributed by atoms with Crippen LogP contribution in [0.15, 0.2) is 156 Å².